The zero-order chi connectivity index (χ0) is 7.78. The van der Waals surface area contributed by atoms with Crippen LogP contribution in [0.15, 0.2) is 17.1 Å². The fourth-order valence-electron chi connectivity index (χ4n) is 0.786. The lowest BCUT2D eigenvalue weighted by Gasteiger charge is -2.21. The first-order valence-electron chi connectivity index (χ1n) is 3.21. The molecule has 3 heteroatoms. The molecule has 0 unspecified atom stereocenters. The third-order valence-electron chi connectivity index (χ3n) is 1.32. The van der Waals surface area contributed by atoms with Crippen LogP contribution < -0.4 is 0 Å². The zero-order valence-electron chi connectivity index (χ0n) is 6.43. The van der Waals surface area contributed by atoms with Crippen molar-refractivity contribution in [2.45, 2.75) is 26.3 Å². The molecule has 0 aliphatic carbocycles. The molecule has 0 aliphatic heterocycles. The van der Waals surface area contributed by atoms with Gasteiger partial charge in [0, 0.05) is 17.9 Å². The maximum absolute atomic E-state index is 4.06. The van der Waals surface area contributed by atoms with Crippen LogP contribution in [0.2, 0.25) is 0 Å². The molecule has 1 heterocycles. The predicted molar refractivity (Wildman–Crippen MR) is 44.9 cm³/mol. The summed E-state index contributed by atoms with van der Waals surface area (Å²) in [4.78, 5) is 4.06. The Balaban J connectivity index is 3.05. The van der Waals surface area contributed by atoms with Crippen molar-refractivity contribution in [3.63, 3.8) is 0 Å². The zero-order valence-corrected chi connectivity index (χ0v) is 8.01. The summed E-state index contributed by atoms with van der Waals surface area (Å²) in [6.07, 6.45) is 3.75. The van der Waals surface area contributed by atoms with Crippen molar-refractivity contribution < 1.29 is 0 Å². The first kappa shape index (κ1) is 7.79. The van der Waals surface area contributed by atoms with Crippen LogP contribution in [0.3, 0.4) is 0 Å². The molecule has 1 aromatic rings. The summed E-state index contributed by atoms with van der Waals surface area (Å²) >= 11 is 3.35. The molecule has 10 heavy (non-hydrogen) atoms. The van der Waals surface area contributed by atoms with E-state index in [2.05, 4.69) is 46.3 Å². The number of halogens is 1. The maximum Gasteiger partial charge on any atom is 0.177 e. The van der Waals surface area contributed by atoms with E-state index in [1.54, 1.807) is 6.20 Å². The van der Waals surface area contributed by atoms with Crippen molar-refractivity contribution in [2.75, 3.05) is 0 Å². The van der Waals surface area contributed by atoms with Crippen LogP contribution in [0.5, 0.6) is 0 Å². The molecule has 0 atom stereocenters. The van der Waals surface area contributed by atoms with Gasteiger partial charge in [0.05, 0.1) is 0 Å². The van der Waals surface area contributed by atoms with Gasteiger partial charge in [-0.2, -0.15) is 0 Å². The van der Waals surface area contributed by atoms with Gasteiger partial charge in [0.15, 0.2) is 4.73 Å². The van der Waals surface area contributed by atoms with Crippen molar-refractivity contribution >= 4 is 15.9 Å². The van der Waals surface area contributed by atoms with Gasteiger partial charge < -0.3 is 4.57 Å². The maximum atomic E-state index is 4.06. The van der Waals surface area contributed by atoms with E-state index in [4.69, 9.17) is 0 Å². The Hall–Kier alpha value is -0.310. The lowest BCUT2D eigenvalue weighted by Crippen LogP contribution is -2.20. The number of hydrogen-bond donors (Lipinski definition) is 0. The van der Waals surface area contributed by atoms with Gasteiger partial charge in [-0.05, 0) is 36.7 Å². The summed E-state index contributed by atoms with van der Waals surface area (Å²) in [5.74, 6) is 0. The molecule has 0 aliphatic rings. The van der Waals surface area contributed by atoms with E-state index in [1.807, 2.05) is 6.20 Å². The van der Waals surface area contributed by atoms with Gasteiger partial charge >= 0.3 is 0 Å². The SMILES string of the molecule is CC(C)(C)n1ccnc1Br. The molecule has 0 amide bonds. The third-order valence-corrected chi connectivity index (χ3v) is 1.91. The van der Waals surface area contributed by atoms with Gasteiger partial charge in [-0.25, -0.2) is 4.98 Å². The number of hydrogen-bond acceptors (Lipinski definition) is 1. The van der Waals surface area contributed by atoms with Crippen molar-refractivity contribution in [1.29, 1.82) is 0 Å². The van der Waals surface area contributed by atoms with E-state index < -0.39 is 0 Å². The number of aromatic nitrogens is 2. The van der Waals surface area contributed by atoms with E-state index in [0.717, 1.165) is 4.73 Å². The summed E-state index contributed by atoms with van der Waals surface area (Å²) in [5, 5.41) is 0. The Bertz CT molecular complexity index is 222. The molecule has 0 spiro atoms. The molecule has 0 aromatic carbocycles. The Morgan fingerprint density at radius 3 is 2.30 bits per heavy atom. The molecule has 0 fully saturated rings. The molecule has 0 radical (unpaired) electrons. The normalized spacial score (nSPS) is 12.0. The highest BCUT2D eigenvalue weighted by Crippen LogP contribution is 2.18. The molecule has 0 bridgehead atoms. The minimum atomic E-state index is 0.120. The van der Waals surface area contributed by atoms with Crippen molar-refractivity contribution in [3.05, 3.63) is 17.1 Å². The topological polar surface area (TPSA) is 17.8 Å². The third kappa shape index (κ3) is 1.40. The molecule has 1 rings (SSSR count). The summed E-state index contributed by atoms with van der Waals surface area (Å²) in [7, 11) is 0. The van der Waals surface area contributed by atoms with Crippen LogP contribution >= 0.6 is 15.9 Å². The quantitative estimate of drug-likeness (QED) is 0.633. The molecular formula is C7H11BrN2. The smallest absolute Gasteiger partial charge is 0.177 e. The van der Waals surface area contributed by atoms with Crippen LogP contribution in [0.25, 0.3) is 0 Å². The summed E-state index contributed by atoms with van der Waals surface area (Å²) in [6.45, 7) is 6.41. The highest BCUT2D eigenvalue weighted by Gasteiger charge is 2.14. The number of rotatable bonds is 0. The fraction of sp³-hybridized carbons (Fsp3) is 0.571. The highest BCUT2D eigenvalue weighted by molar-refractivity contribution is 9.10. The van der Waals surface area contributed by atoms with E-state index in [-0.39, 0.29) is 5.54 Å². The van der Waals surface area contributed by atoms with Gasteiger partial charge in [0.25, 0.3) is 0 Å². The molecule has 56 valence electrons. The highest BCUT2D eigenvalue weighted by atomic mass is 79.9. The first-order chi connectivity index (χ1) is 4.52. The van der Waals surface area contributed by atoms with Crippen LogP contribution in [0, 0.1) is 0 Å². The van der Waals surface area contributed by atoms with Crippen LogP contribution in [-0.2, 0) is 5.54 Å². The van der Waals surface area contributed by atoms with Crippen LogP contribution in [0.1, 0.15) is 20.8 Å². The lowest BCUT2D eigenvalue weighted by atomic mass is 10.1. The first-order valence-corrected chi connectivity index (χ1v) is 4.00. The van der Waals surface area contributed by atoms with E-state index >= 15 is 0 Å². The van der Waals surface area contributed by atoms with Gasteiger partial charge in [0.2, 0.25) is 0 Å². The summed E-state index contributed by atoms with van der Waals surface area (Å²) in [5.41, 5.74) is 0.120. The molecule has 1 aromatic heterocycles. The average molecular weight is 203 g/mol. The van der Waals surface area contributed by atoms with Gasteiger partial charge in [-0.15, -0.1) is 0 Å². The van der Waals surface area contributed by atoms with E-state index in [9.17, 15) is 0 Å². The van der Waals surface area contributed by atoms with Gasteiger partial charge in [0.1, 0.15) is 0 Å². The Morgan fingerprint density at radius 1 is 1.50 bits per heavy atom. The number of nitrogens with zero attached hydrogens (tertiary/aromatic N) is 2. The Morgan fingerprint density at radius 2 is 2.10 bits per heavy atom. The monoisotopic (exact) mass is 202 g/mol. The Labute approximate surface area is 69.4 Å². The molecule has 0 saturated carbocycles. The second-order valence-electron chi connectivity index (χ2n) is 3.24. The average Bonchev–Trinajstić information content (AvgIpc) is 2.11. The van der Waals surface area contributed by atoms with Gasteiger partial charge in [-0.3, -0.25) is 0 Å². The lowest BCUT2D eigenvalue weighted by molar-refractivity contribution is 0.389. The molecular weight excluding hydrogens is 192 g/mol. The van der Waals surface area contributed by atoms with E-state index in [0.29, 0.717) is 0 Å². The molecule has 2 nitrogen and oxygen atoms in total. The van der Waals surface area contributed by atoms with Gasteiger partial charge in [-0.1, -0.05) is 0 Å². The summed E-state index contributed by atoms with van der Waals surface area (Å²) in [6, 6.07) is 0. The second-order valence-corrected chi connectivity index (χ2v) is 3.95. The van der Waals surface area contributed by atoms with Crippen molar-refractivity contribution in [3.8, 4) is 0 Å². The second kappa shape index (κ2) is 2.38. The standard InChI is InChI=1S/C7H11BrN2/c1-7(2,3)10-5-4-9-6(10)8/h4-5H,1-3H3. The minimum absolute atomic E-state index is 0.120. The van der Waals surface area contributed by atoms with Crippen LogP contribution in [0.4, 0.5) is 0 Å². The van der Waals surface area contributed by atoms with Crippen molar-refractivity contribution in [1.82, 2.24) is 9.55 Å². The Kier molecular flexibility index (Phi) is 1.86. The number of imidazole rings is 1. The summed E-state index contributed by atoms with van der Waals surface area (Å²) < 4.78 is 2.97. The minimum Gasteiger partial charge on any atom is -0.320 e. The fourth-order valence-corrected chi connectivity index (χ4v) is 1.55. The molecule has 0 saturated heterocycles. The predicted octanol–water partition coefficient (Wildman–Crippen LogP) is 2.40. The van der Waals surface area contributed by atoms with Crippen LogP contribution in [-0.4, -0.2) is 9.55 Å². The molecule has 0 N–H and O–H groups in total. The van der Waals surface area contributed by atoms with Crippen molar-refractivity contribution in [2.24, 2.45) is 0 Å². The van der Waals surface area contributed by atoms with E-state index in [1.165, 1.54) is 0 Å². The largest absolute Gasteiger partial charge is 0.320 e.